The molecule has 3 heterocycles. The van der Waals surface area contributed by atoms with Gasteiger partial charge >= 0.3 is 12.3 Å². The molecule has 2 fully saturated rings. The van der Waals surface area contributed by atoms with E-state index in [4.69, 9.17) is 18.9 Å². The van der Waals surface area contributed by atoms with Crippen LogP contribution in [0.3, 0.4) is 0 Å². The van der Waals surface area contributed by atoms with E-state index in [1.807, 2.05) is 30.3 Å². The fraction of sp³-hybridized carbons (Fsp3) is 0.483. The second-order valence-corrected chi connectivity index (χ2v) is 12.2. The second kappa shape index (κ2) is 12.7. The average Bonchev–Trinajstić information content (AvgIpc) is 3.36. The molecule has 2 aromatic carbocycles. The number of amides is 1. The van der Waals surface area contributed by atoms with Gasteiger partial charge in [0.05, 0.1) is 23.9 Å². The molecule has 2 aliphatic heterocycles. The van der Waals surface area contributed by atoms with Gasteiger partial charge < -0.3 is 24.1 Å². The van der Waals surface area contributed by atoms with Crippen molar-refractivity contribution in [2.75, 3.05) is 12.9 Å². The number of halogens is 3. The van der Waals surface area contributed by atoms with Crippen LogP contribution in [0.2, 0.25) is 0 Å². The number of fused-ring (bicyclic) bond motifs is 1. The number of hydrogen-bond acceptors (Lipinski definition) is 10. The summed E-state index contributed by atoms with van der Waals surface area (Å²) in [6.45, 7) is 6.64. The van der Waals surface area contributed by atoms with E-state index in [0.29, 0.717) is 4.90 Å². The van der Waals surface area contributed by atoms with E-state index < -0.39 is 60.2 Å². The number of aliphatic hydroxyl groups excluding tert-OH is 1. The molecule has 3 N–H and O–H groups in total. The molecule has 0 saturated carbocycles. The Bertz CT molecular complexity index is 1470. The molecule has 3 aromatic rings. The molecule has 0 radical (unpaired) electrons. The average molecular weight is 638 g/mol. The third kappa shape index (κ3) is 7.03. The highest BCUT2D eigenvalue weighted by atomic mass is 32.2. The van der Waals surface area contributed by atoms with Gasteiger partial charge in [-0.2, -0.15) is 18.3 Å². The number of aryl methyl sites for hydroxylation is 1. The molecule has 0 spiro atoms. The molecule has 2 aliphatic rings. The Labute approximate surface area is 256 Å². The fourth-order valence-electron chi connectivity index (χ4n) is 5.09. The monoisotopic (exact) mass is 637 g/mol. The molecule has 0 bridgehead atoms. The number of thioether (sulfide) groups is 1. The first kappa shape index (κ1) is 32.2. The Morgan fingerprint density at radius 3 is 2.52 bits per heavy atom. The molecule has 44 heavy (non-hydrogen) atoms. The van der Waals surface area contributed by atoms with Crippen LogP contribution in [0, 0.1) is 6.92 Å². The summed E-state index contributed by atoms with van der Waals surface area (Å²) in [7, 11) is 0. The number of alkyl halides is 3. The number of carbonyl (C=O) groups excluding carboxylic acids is 1. The highest BCUT2D eigenvalue weighted by Gasteiger charge is 2.51. The number of rotatable bonds is 6. The molecule has 5 rings (SSSR count). The predicted molar refractivity (Wildman–Crippen MR) is 153 cm³/mol. The van der Waals surface area contributed by atoms with Crippen LogP contribution in [0.15, 0.2) is 53.4 Å². The number of hydrogen-bond donors (Lipinski definition) is 3. The molecule has 238 valence electrons. The number of nitrogens with one attached hydrogen (secondary N) is 2. The third-order valence-electron chi connectivity index (χ3n) is 6.96. The van der Waals surface area contributed by atoms with Gasteiger partial charge in [-0.15, -0.1) is 11.8 Å². The lowest BCUT2D eigenvalue weighted by molar-refractivity contribution is -0.313. The topological polar surface area (TPSA) is 129 Å². The van der Waals surface area contributed by atoms with Crippen molar-refractivity contribution in [2.24, 2.45) is 0 Å². The summed E-state index contributed by atoms with van der Waals surface area (Å²) in [4.78, 5) is 17.5. The van der Waals surface area contributed by atoms with Crippen LogP contribution in [-0.2, 0) is 25.1 Å². The summed E-state index contributed by atoms with van der Waals surface area (Å²) in [6, 6.07) is 11.8. The van der Waals surface area contributed by atoms with Crippen LogP contribution in [0.4, 0.5) is 18.0 Å². The van der Waals surface area contributed by atoms with Gasteiger partial charge in [0, 0.05) is 10.5 Å². The van der Waals surface area contributed by atoms with Crippen molar-refractivity contribution in [2.45, 2.75) is 81.1 Å². The van der Waals surface area contributed by atoms with E-state index in [-0.39, 0.29) is 23.9 Å². The molecule has 1 unspecified atom stereocenters. The zero-order chi connectivity index (χ0) is 31.8. The summed E-state index contributed by atoms with van der Waals surface area (Å²) < 4.78 is 67.2. The lowest BCUT2D eigenvalue weighted by Gasteiger charge is -2.48. The van der Waals surface area contributed by atoms with Crippen molar-refractivity contribution in [3.63, 3.8) is 0 Å². The lowest BCUT2D eigenvalue weighted by atomic mass is 9.91. The number of hydrazine groups is 1. The number of ether oxygens (including phenoxy) is 4. The first-order valence-corrected chi connectivity index (χ1v) is 15.1. The maximum absolute atomic E-state index is 14.1. The molecule has 6 atom stereocenters. The van der Waals surface area contributed by atoms with Gasteiger partial charge in [0.25, 0.3) is 0 Å². The Morgan fingerprint density at radius 2 is 1.86 bits per heavy atom. The predicted octanol–water partition coefficient (Wildman–Crippen LogP) is 4.63. The molecule has 0 aliphatic carbocycles. The van der Waals surface area contributed by atoms with Gasteiger partial charge in [-0.3, -0.25) is 5.43 Å². The van der Waals surface area contributed by atoms with Gasteiger partial charge in [0.2, 0.25) is 0 Å². The van der Waals surface area contributed by atoms with E-state index in [9.17, 15) is 23.1 Å². The van der Waals surface area contributed by atoms with E-state index >= 15 is 0 Å². The van der Waals surface area contributed by atoms with Crippen molar-refractivity contribution in [1.29, 1.82) is 0 Å². The summed E-state index contributed by atoms with van der Waals surface area (Å²) in [6.07, 6.45) is -9.02. The Kier molecular flexibility index (Phi) is 9.26. The molecule has 1 amide bonds. The van der Waals surface area contributed by atoms with Crippen LogP contribution < -0.4 is 10.9 Å². The molecule has 2 saturated heterocycles. The minimum absolute atomic E-state index is 0.0148. The first-order chi connectivity index (χ1) is 20.7. The van der Waals surface area contributed by atoms with Gasteiger partial charge in [-0.25, -0.2) is 19.9 Å². The number of carbonyl (C=O) groups is 1. The van der Waals surface area contributed by atoms with E-state index in [1.54, 1.807) is 27.0 Å². The van der Waals surface area contributed by atoms with Crippen LogP contribution in [-0.4, -0.2) is 68.8 Å². The number of benzene rings is 2. The zero-order valence-corrected chi connectivity index (χ0v) is 25.5. The van der Waals surface area contributed by atoms with Crippen molar-refractivity contribution in [3.8, 4) is 5.69 Å². The minimum Gasteiger partial charge on any atom is -0.443 e. The Morgan fingerprint density at radius 1 is 1.14 bits per heavy atom. The van der Waals surface area contributed by atoms with Gasteiger partial charge in [0.1, 0.15) is 35.8 Å². The minimum atomic E-state index is -4.69. The molecule has 15 heteroatoms. The first-order valence-electron chi connectivity index (χ1n) is 13.8. The quantitative estimate of drug-likeness (QED) is 0.260. The van der Waals surface area contributed by atoms with Crippen molar-refractivity contribution in [1.82, 2.24) is 25.6 Å². The van der Waals surface area contributed by atoms with Crippen molar-refractivity contribution >= 4 is 17.9 Å². The summed E-state index contributed by atoms with van der Waals surface area (Å²) in [5, 5.41) is 16.0. The molecule has 1 aromatic heterocycles. The van der Waals surface area contributed by atoms with Crippen molar-refractivity contribution < 1.29 is 42.0 Å². The second-order valence-electron chi connectivity index (χ2n) is 11.4. The van der Waals surface area contributed by atoms with Gasteiger partial charge in [-0.05, 0) is 52.1 Å². The number of aromatic nitrogens is 3. The summed E-state index contributed by atoms with van der Waals surface area (Å²) in [5.74, 6) is 0.101. The standard InChI is InChI=1S/C29H34F3N5O6S/c1-15-33-25(37(36-15)19-13-17(44-5)11-12-18(19)29(30,31)32)24-22(38)21(34-35-27(39)43-28(2,3)4)23-20(41-24)14-40-26(42-23)16-9-7-6-8-10-16/h6-13,20-24,26,34,38H,14H2,1-5H3,(H,35,39)/t20-,21-,22-,23+,24-,26?/m1/s1. The SMILES string of the molecule is CSc1ccc(C(F)(F)F)c(-n2nc(C)nc2[C@@H]2O[C@@H]3COC(c4ccccc4)O[C@@H]3[C@H](NNC(=O)OC(C)(C)C)[C@H]2O)c1. The van der Waals surface area contributed by atoms with Crippen LogP contribution in [0.5, 0.6) is 0 Å². The Balaban J connectivity index is 1.51. The lowest BCUT2D eigenvalue weighted by Crippen LogP contribution is -2.66. The van der Waals surface area contributed by atoms with Gasteiger partial charge in [-0.1, -0.05) is 30.3 Å². The molecular formula is C29H34F3N5O6S. The third-order valence-corrected chi connectivity index (χ3v) is 7.68. The highest BCUT2D eigenvalue weighted by Crippen LogP contribution is 2.41. The largest absolute Gasteiger partial charge is 0.443 e. The Hall–Kier alpha value is -3.21. The normalized spacial score (nSPS) is 25.8. The summed E-state index contributed by atoms with van der Waals surface area (Å²) >= 11 is 1.27. The summed E-state index contributed by atoms with van der Waals surface area (Å²) in [5.41, 5.74) is 3.99. The molecule has 11 nitrogen and oxygen atoms in total. The van der Waals surface area contributed by atoms with Crippen LogP contribution in [0.1, 0.15) is 55.9 Å². The molecular weight excluding hydrogens is 603 g/mol. The van der Waals surface area contributed by atoms with E-state index in [2.05, 4.69) is 20.9 Å². The maximum Gasteiger partial charge on any atom is 0.422 e. The smallest absolute Gasteiger partial charge is 0.422 e. The van der Waals surface area contributed by atoms with E-state index in [0.717, 1.165) is 16.3 Å². The van der Waals surface area contributed by atoms with Crippen LogP contribution in [0.25, 0.3) is 5.69 Å². The maximum atomic E-state index is 14.1. The number of aliphatic hydroxyl groups is 1. The van der Waals surface area contributed by atoms with Gasteiger partial charge in [0.15, 0.2) is 12.1 Å². The van der Waals surface area contributed by atoms with E-state index in [1.165, 1.54) is 30.8 Å². The fourth-order valence-corrected chi connectivity index (χ4v) is 5.52. The van der Waals surface area contributed by atoms with Crippen molar-refractivity contribution in [3.05, 3.63) is 71.3 Å². The number of nitrogens with zero attached hydrogens (tertiary/aromatic N) is 3. The highest BCUT2D eigenvalue weighted by molar-refractivity contribution is 7.98. The zero-order valence-electron chi connectivity index (χ0n) is 24.7. The van der Waals surface area contributed by atoms with Crippen LogP contribution >= 0.6 is 11.8 Å².